The quantitative estimate of drug-likeness (QED) is 0.412. The van der Waals surface area contributed by atoms with Gasteiger partial charge < -0.3 is 10.2 Å². The summed E-state index contributed by atoms with van der Waals surface area (Å²) in [5.74, 6) is 4.35. The van der Waals surface area contributed by atoms with Crippen molar-refractivity contribution in [3.05, 3.63) is 29.8 Å². The number of phenolic OH excluding ortho intramolecular Hbond substituents is 1. The fraction of sp³-hybridized carbons (Fsp3) is 0.222. The number of phenols is 1. The Labute approximate surface area is 81.1 Å². The summed E-state index contributed by atoms with van der Waals surface area (Å²) >= 11 is 0. The second-order valence-electron chi connectivity index (χ2n) is 2.91. The largest absolute Gasteiger partial charge is 0.508 e. The van der Waals surface area contributed by atoms with Gasteiger partial charge in [-0.1, -0.05) is 12.1 Å². The summed E-state index contributed by atoms with van der Waals surface area (Å²) in [5, 5.41) is 17.8. The second-order valence-corrected chi connectivity index (χ2v) is 2.91. The van der Waals surface area contributed by atoms with E-state index in [0.717, 1.165) is 0 Å². The van der Waals surface area contributed by atoms with Crippen LogP contribution in [0.5, 0.6) is 5.75 Å². The van der Waals surface area contributed by atoms with Gasteiger partial charge in [-0.25, -0.2) is 0 Å². The molecule has 0 radical (unpaired) electrons. The standard InChI is InChI=1S/C9H12N2O3/c10-11-8(5-9(13)14)6-2-1-3-7(12)4-6/h1-4,8,11-12H,5,10H2,(H,13,14). The Kier molecular flexibility index (Phi) is 3.44. The molecule has 0 aliphatic rings. The lowest BCUT2D eigenvalue weighted by atomic mass is 10.0. The Balaban J connectivity index is 2.83. The lowest BCUT2D eigenvalue weighted by Gasteiger charge is -2.13. The molecule has 5 nitrogen and oxygen atoms in total. The van der Waals surface area contributed by atoms with Crippen LogP contribution >= 0.6 is 0 Å². The number of nitrogens with one attached hydrogen (secondary N) is 1. The smallest absolute Gasteiger partial charge is 0.305 e. The Hall–Kier alpha value is -1.59. The van der Waals surface area contributed by atoms with Crippen LogP contribution in [0.15, 0.2) is 24.3 Å². The highest BCUT2D eigenvalue weighted by Crippen LogP contribution is 2.19. The molecule has 0 saturated heterocycles. The van der Waals surface area contributed by atoms with Gasteiger partial charge in [-0.05, 0) is 17.7 Å². The molecule has 0 amide bonds. The maximum atomic E-state index is 10.5. The zero-order chi connectivity index (χ0) is 10.6. The van der Waals surface area contributed by atoms with E-state index in [1.807, 2.05) is 0 Å². The average molecular weight is 196 g/mol. The van der Waals surface area contributed by atoms with E-state index >= 15 is 0 Å². The predicted octanol–water partition coefficient (Wildman–Crippen LogP) is 0.371. The molecule has 0 aliphatic carbocycles. The fourth-order valence-corrected chi connectivity index (χ4v) is 1.19. The molecule has 76 valence electrons. The maximum Gasteiger partial charge on any atom is 0.305 e. The van der Waals surface area contributed by atoms with Crippen LogP contribution in [0.25, 0.3) is 0 Å². The first-order valence-electron chi connectivity index (χ1n) is 4.10. The minimum absolute atomic E-state index is 0.0909. The van der Waals surface area contributed by atoms with Gasteiger partial charge in [0.15, 0.2) is 0 Å². The molecule has 0 aliphatic heterocycles. The minimum atomic E-state index is -0.948. The summed E-state index contributed by atoms with van der Waals surface area (Å²) in [6.45, 7) is 0. The van der Waals surface area contributed by atoms with Gasteiger partial charge in [0.2, 0.25) is 0 Å². The number of aliphatic carboxylic acids is 1. The van der Waals surface area contributed by atoms with Gasteiger partial charge in [-0.2, -0.15) is 0 Å². The van der Waals surface area contributed by atoms with E-state index in [1.165, 1.54) is 12.1 Å². The third-order valence-electron chi connectivity index (χ3n) is 1.85. The lowest BCUT2D eigenvalue weighted by Crippen LogP contribution is -2.29. The van der Waals surface area contributed by atoms with E-state index in [1.54, 1.807) is 12.1 Å². The first-order valence-corrected chi connectivity index (χ1v) is 4.10. The minimum Gasteiger partial charge on any atom is -0.508 e. The molecule has 0 bridgehead atoms. The maximum absolute atomic E-state index is 10.5. The molecule has 1 rings (SSSR count). The Morgan fingerprint density at radius 2 is 2.29 bits per heavy atom. The molecule has 1 unspecified atom stereocenters. The summed E-state index contributed by atoms with van der Waals surface area (Å²) in [6.07, 6.45) is -0.125. The number of hydrogen-bond donors (Lipinski definition) is 4. The number of aromatic hydroxyl groups is 1. The number of carboxylic acid groups (broad SMARTS) is 1. The van der Waals surface area contributed by atoms with Gasteiger partial charge in [-0.3, -0.25) is 16.1 Å². The van der Waals surface area contributed by atoms with E-state index < -0.39 is 12.0 Å². The fourth-order valence-electron chi connectivity index (χ4n) is 1.19. The third-order valence-corrected chi connectivity index (χ3v) is 1.85. The number of hydrazine groups is 1. The highest BCUT2D eigenvalue weighted by molar-refractivity contribution is 5.68. The van der Waals surface area contributed by atoms with Crippen molar-refractivity contribution < 1.29 is 15.0 Å². The molecule has 0 heterocycles. The zero-order valence-corrected chi connectivity index (χ0v) is 7.47. The van der Waals surface area contributed by atoms with Crippen molar-refractivity contribution in [1.29, 1.82) is 0 Å². The second kappa shape index (κ2) is 4.59. The zero-order valence-electron chi connectivity index (χ0n) is 7.47. The highest BCUT2D eigenvalue weighted by atomic mass is 16.4. The van der Waals surface area contributed by atoms with Crippen LogP contribution in [0.1, 0.15) is 18.0 Å². The number of carboxylic acids is 1. The monoisotopic (exact) mass is 196 g/mol. The molecule has 1 aromatic rings. The molecular formula is C9H12N2O3. The van der Waals surface area contributed by atoms with Crippen molar-refractivity contribution >= 4 is 5.97 Å². The topological polar surface area (TPSA) is 95.6 Å². The van der Waals surface area contributed by atoms with Crippen LogP contribution in [0.3, 0.4) is 0 Å². The summed E-state index contributed by atoms with van der Waals surface area (Å²) in [6, 6.07) is 5.84. The van der Waals surface area contributed by atoms with E-state index in [4.69, 9.17) is 10.9 Å². The number of rotatable bonds is 4. The molecule has 0 aromatic heterocycles. The number of benzene rings is 1. The summed E-state index contributed by atoms with van der Waals surface area (Å²) in [5.41, 5.74) is 3.03. The number of nitrogens with two attached hydrogens (primary N) is 1. The summed E-state index contributed by atoms with van der Waals surface area (Å²) in [4.78, 5) is 10.5. The van der Waals surface area contributed by atoms with Crippen molar-refractivity contribution in [2.45, 2.75) is 12.5 Å². The van der Waals surface area contributed by atoms with Gasteiger partial charge in [0.05, 0.1) is 12.5 Å². The van der Waals surface area contributed by atoms with E-state index in [0.29, 0.717) is 5.56 Å². The van der Waals surface area contributed by atoms with E-state index in [2.05, 4.69) is 5.43 Å². The van der Waals surface area contributed by atoms with Crippen LogP contribution in [-0.4, -0.2) is 16.2 Å². The molecule has 5 heteroatoms. The Morgan fingerprint density at radius 1 is 1.57 bits per heavy atom. The van der Waals surface area contributed by atoms with Crippen molar-refractivity contribution in [2.24, 2.45) is 5.84 Å². The average Bonchev–Trinajstić information content (AvgIpc) is 2.14. The van der Waals surface area contributed by atoms with Crippen molar-refractivity contribution in [3.8, 4) is 5.75 Å². The third kappa shape index (κ3) is 2.72. The molecule has 0 spiro atoms. The van der Waals surface area contributed by atoms with Crippen LogP contribution in [0.2, 0.25) is 0 Å². The van der Waals surface area contributed by atoms with Crippen LogP contribution < -0.4 is 11.3 Å². The molecule has 14 heavy (non-hydrogen) atoms. The van der Waals surface area contributed by atoms with E-state index in [9.17, 15) is 9.90 Å². The van der Waals surface area contributed by atoms with Gasteiger partial charge in [0.1, 0.15) is 5.75 Å². The normalized spacial score (nSPS) is 12.4. The van der Waals surface area contributed by atoms with Crippen molar-refractivity contribution in [1.82, 2.24) is 5.43 Å². The molecule has 1 aromatic carbocycles. The molecular weight excluding hydrogens is 184 g/mol. The Morgan fingerprint density at radius 3 is 2.79 bits per heavy atom. The SMILES string of the molecule is NNC(CC(=O)O)c1cccc(O)c1. The van der Waals surface area contributed by atoms with Gasteiger partial charge in [0, 0.05) is 0 Å². The lowest BCUT2D eigenvalue weighted by molar-refractivity contribution is -0.137. The molecule has 5 N–H and O–H groups in total. The van der Waals surface area contributed by atoms with Crippen LogP contribution in [-0.2, 0) is 4.79 Å². The molecule has 0 saturated carbocycles. The van der Waals surface area contributed by atoms with Crippen LogP contribution in [0.4, 0.5) is 0 Å². The van der Waals surface area contributed by atoms with Gasteiger partial charge in [-0.15, -0.1) is 0 Å². The molecule has 1 atom stereocenters. The Bertz CT molecular complexity index is 328. The predicted molar refractivity (Wildman–Crippen MR) is 50.4 cm³/mol. The number of hydrogen-bond acceptors (Lipinski definition) is 4. The first-order chi connectivity index (χ1) is 6.63. The highest BCUT2D eigenvalue weighted by Gasteiger charge is 2.13. The van der Waals surface area contributed by atoms with Crippen molar-refractivity contribution in [2.75, 3.05) is 0 Å². The first kappa shape index (κ1) is 10.5. The number of carbonyl (C=O) groups is 1. The van der Waals surface area contributed by atoms with E-state index in [-0.39, 0.29) is 12.2 Å². The molecule has 0 fully saturated rings. The summed E-state index contributed by atoms with van der Waals surface area (Å²) in [7, 11) is 0. The van der Waals surface area contributed by atoms with Gasteiger partial charge >= 0.3 is 5.97 Å². The van der Waals surface area contributed by atoms with Gasteiger partial charge in [0.25, 0.3) is 0 Å². The summed E-state index contributed by atoms with van der Waals surface area (Å²) < 4.78 is 0. The van der Waals surface area contributed by atoms with Crippen molar-refractivity contribution in [3.63, 3.8) is 0 Å². The van der Waals surface area contributed by atoms with Crippen LogP contribution in [0, 0.1) is 0 Å².